The Bertz CT molecular complexity index is 1000. The molecule has 2 heterocycles. The standard InChI is InChI=1S/C20H21N5O2/c1-24(20(27)15-9-22-10-15)11-13-5-7-16(8-6-13)25-12-14-3-2-4-17(19(21)26)18(14)23-25/h2-8,12,15,22H,9-11H2,1H3,(H2,21,26). The van der Waals surface area contributed by atoms with E-state index < -0.39 is 5.91 Å². The van der Waals surface area contributed by atoms with Gasteiger partial charge in [0.05, 0.1) is 17.2 Å². The maximum Gasteiger partial charge on any atom is 0.250 e. The Morgan fingerprint density at radius 1 is 1.22 bits per heavy atom. The van der Waals surface area contributed by atoms with Gasteiger partial charge >= 0.3 is 0 Å². The van der Waals surface area contributed by atoms with E-state index in [9.17, 15) is 9.59 Å². The summed E-state index contributed by atoms with van der Waals surface area (Å²) in [4.78, 5) is 25.6. The highest BCUT2D eigenvalue weighted by Gasteiger charge is 2.27. The number of benzene rings is 2. The van der Waals surface area contributed by atoms with Crippen LogP contribution in [0.4, 0.5) is 0 Å². The van der Waals surface area contributed by atoms with Crippen LogP contribution in [0.5, 0.6) is 0 Å². The van der Waals surface area contributed by atoms with Crippen molar-refractivity contribution >= 4 is 22.7 Å². The van der Waals surface area contributed by atoms with Gasteiger partial charge in [-0.1, -0.05) is 24.3 Å². The topological polar surface area (TPSA) is 93.2 Å². The van der Waals surface area contributed by atoms with Gasteiger partial charge in [-0.05, 0) is 23.8 Å². The van der Waals surface area contributed by atoms with E-state index in [2.05, 4.69) is 10.4 Å². The van der Waals surface area contributed by atoms with Crippen molar-refractivity contribution in [3.05, 3.63) is 59.8 Å². The average molecular weight is 363 g/mol. The number of carbonyl (C=O) groups excluding carboxylic acids is 2. The Kier molecular flexibility index (Phi) is 4.37. The molecule has 0 radical (unpaired) electrons. The summed E-state index contributed by atoms with van der Waals surface area (Å²) in [5, 5.41) is 8.49. The van der Waals surface area contributed by atoms with Gasteiger partial charge in [0.25, 0.3) is 5.91 Å². The van der Waals surface area contributed by atoms with Crippen LogP contribution in [0, 0.1) is 5.92 Å². The lowest BCUT2D eigenvalue weighted by molar-refractivity contribution is -0.136. The minimum atomic E-state index is -0.490. The molecule has 138 valence electrons. The second-order valence-electron chi connectivity index (χ2n) is 6.90. The van der Waals surface area contributed by atoms with E-state index in [4.69, 9.17) is 5.73 Å². The summed E-state index contributed by atoms with van der Waals surface area (Å²) < 4.78 is 1.73. The van der Waals surface area contributed by atoms with Crippen LogP contribution in [0.2, 0.25) is 0 Å². The van der Waals surface area contributed by atoms with Crippen molar-refractivity contribution < 1.29 is 9.59 Å². The molecule has 0 aliphatic carbocycles. The van der Waals surface area contributed by atoms with E-state index >= 15 is 0 Å². The van der Waals surface area contributed by atoms with Crippen LogP contribution in [0.1, 0.15) is 15.9 Å². The van der Waals surface area contributed by atoms with Gasteiger partial charge in [0, 0.05) is 38.3 Å². The molecular weight excluding hydrogens is 342 g/mol. The lowest BCUT2D eigenvalue weighted by Crippen LogP contribution is -2.50. The first-order chi connectivity index (χ1) is 13.0. The molecule has 3 N–H and O–H groups in total. The Labute approximate surface area is 156 Å². The number of hydrogen-bond donors (Lipinski definition) is 2. The minimum Gasteiger partial charge on any atom is -0.366 e. The van der Waals surface area contributed by atoms with Gasteiger partial charge < -0.3 is 16.0 Å². The fourth-order valence-corrected chi connectivity index (χ4v) is 3.26. The molecule has 27 heavy (non-hydrogen) atoms. The minimum absolute atomic E-state index is 0.102. The molecule has 2 amide bonds. The summed E-state index contributed by atoms with van der Waals surface area (Å²) >= 11 is 0. The molecule has 0 bridgehead atoms. The van der Waals surface area contributed by atoms with Gasteiger partial charge in [-0.25, -0.2) is 4.68 Å². The van der Waals surface area contributed by atoms with Crippen molar-refractivity contribution in [2.24, 2.45) is 11.7 Å². The number of fused-ring (bicyclic) bond motifs is 1. The molecular formula is C20H21N5O2. The van der Waals surface area contributed by atoms with E-state index in [1.54, 1.807) is 21.7 Å². The number of carbonyl (C=O) groups is 2. The molecule has 0 saturated carbocycles. The van der Waals surface area contributed by atoms with Crippen LogP contribution in [0.3, 0.4) is 0 Å². The molecule has 1 fully saturated rings. The number of nitrogens with two attached hydrogens (primary N) is 1. The molecule has 3 aromatic rings. The van der Waals surface area contributed by atoms with E-state index in [-0.39, 0.29) is 11.8 Å². The fourth-order valence-electron chi connectivity index (χ4n) is 3.26. The van der Waals surface area contributed by atoms with Crippen molar-refractivity contribution in [2.45, 2.75) is 6.54 Å². The predicted molar refractivity (Wildman–Crippen MR) is 102 cm³/mol. The third-order valence-corrected chi connectivity index (χ3v) is 4.93. The third-order valence-electron chi connectivity index (χ3n) is 4.93. The average Bonchev–Trinajstić information content (AvgIpc) is 3.04. The van der Waals surface area contributed by atoms with Gasteiger partial charge in [-0.3, -0.25) is 9.59 Å². The van der Waals surface area contributed by atoms with Crippen molar-refractivity contribution in [2.75, 3.05) is 20.1 Å². The molecule has 0 atom stereocenters. The lowest BCUT2D eigenvalue weighted by atomic mass is 10.0. The molecule has 4 rings (SSSR count). The van der Waals surface area contributed by atoms with Crippen LogP contribution in [0.25, 0.3) is 16.6 Å². The maximum atomic E-state index is 12.2. The van der Waals surface area contributed by atoms with Crippen molar-refractivity contribution in [1.29, 1.82) is 0 Å². The second kappa shape index (κ2) is 6.85. The molecule has 7 heteroatoms. The quantitative estimate of drug-likeness (QED) is 0.715. The van der Waals surface area contributed by atoms with Crippen LogP contribution in [0.15, 0.2) is 48.7 Å². The van der Waals surface area contributed by atoms with Crippen LogP contribution in [-0.4, -0.2) is 46.6 Å². The van der Waals surface area contributed by atoms with Gasteiger partial charge in [0.1, 0.15) is 5.52 Å². The summed E-state index contributed by atoms with van der Waals surface area (Å²) in [6.07, 6.45) is 1.87. The van der Waals surface area contributed by atoms with Crippen molar-refractivity contribution in [3.63, 3.8) is 0 Å². The van der Waals surface area contributed by atoms with Gasteiger partial charge in [0.2, 0.25) is 5.91 Å². The normalized spacial score (nSPS) is 14.1. The Hall–Kier alpha value is -3.19. The number of hydrogen-bond acceptors (Lipinski definition) is 4. The zero-order valence-corrected chi connectivity index (χ0v) is 15.1. The molecule has 1 aliphatic rings. The van der Waals surface area contributed by atoms with Gasteiger partial charge in [-0.15, -0.1) is 0 Å². The molecule has 1 aliphatic heterocycles. The maximum absolute atomic E-state index is 12.2. The van der Waals surface area contributed by atoms with E-state index in [1.165, 1.54) is 0 Å². The lowest BCUT2D eigenvalue weighted by Gasteiger charge is -2.30. The number of nitrogens with one attached hydrogen (secondary N) is 1. The number of rotatable bonds is 5. The summed E-state index contributed by atoms with van der Waals surface area (Å²) in [6, 6.07) is 13.2. The Balaban J connectivity index is 1.53. The van der Waals surface area contributed by atoms with E-state index in [0.717, 1.165) is 29.7 Å². The molecule has 0 unspecified atom stereocenters. The highest BCUT2D eigenvalue weighted by Crippen LogP contribution is 2.20. The van der Waals surface area contributed by atoms with Crippen LogP contribution in [-0.2, 0) is 11.3 Å². The molecule has 0 spiro atoms. The van der Waals surface area contributed by atoms with Crippen molar-refractivity contribution in [1.82, 2.24) is 20.0 Å². The van der Waals surface area contributed by atoms with Gasteiger partial charge in [-0.2, -0.15) is 5.10 Å². The van der Waals surface area contributed by atoms with Gasteiger partial charge in [0.15, 0.2) is 0 Å². The molecule has 7 nitrogen and oxygen atoms in total. The second-order valence-corrected chi connectivity index (χ2v) is 6.90. The van der Waals surface area contributed by atoms with Crippen LogP contribution < -0.4 is 11.1 Å². The molecule has 1 aromatic heterocycles. The zero-order valence-electron chi connectivity index (χ0n) is 15.1. The Morgan fingerprint density at radius 2 is 1.96 bits per heavy atom. The summed E-state index contributed by atoms with van der Waals surface area (Å²) in [5.74, 6) is -0.212. The number of primary amides is 1. The summed E-state index contributed by atoms with van der Waals surface area (Å²) in [7, 11) is 1.83. The molecule has 2 aromatic carbocycles. The molecule has 1 saturated heterocycles. The van der Waals surface area contributed by atoms with Crippen LogP contribution >= 0.6 is 0 Å². The first kappa shape index (κ1) is 17.2. The number of aromatic nitrogens is 2. The number of amides is 2. The highest BCUT2D eigenvalue weighted by molar-refractivity contribution is 6.04. The fraction of sp³-hybridized carbons (Fsp3) is 0.250. The predicted octanol–water partition coefficient (Wildman–Crippen LogP) is 1.30. The SMILES string of the molecule is CN(Cc1ccc(-n2cc3cccc(C(N)=O)c3n2)cc1)C(=O)C1CNC1. The third kappa shape index (κ3) is 3.29. The Morgan fingerprint density at radius 3 is 2.59 bits per heavy atom. The zero-order chi connectivity index (χ0) is 19.0. The highest BCUT2D eigenvalue weighted by atomic mass is 16.2. The number of nitrogens with zero attached hydrogens (tertiary/aromatic N) is 3. The smallest absolute Gasteiger partial charge is 0.250 e. The first-order valence-corrected chi connectivity index (χ1v) is 8.86. The summed E-state index contributed by atoms with van der Waals surface area (Å²) in [5.41, 5.74) is 8.36. The largest absolute Gasteiger partial charge is 0.366 e. The first-order valence-electron chi connectivity index (χ1n) is 8.86. The van der Waals surface area contributed by atoms with E-state index in [0.29, 0.717) is 17.6 Å². The van der Waals surface area contributed by atoms with Crippen molar-refractivity contribution in [3.8, 4) is 5.69 Å². The van der Waals surface area contributed by atoms with E-state index in [1.807, 2.05) is 43.6 Å². The monoisotopic (exact) mass is 363 g/mol. The summed E-state index contributed by atoms with van der Waals surface area (Å²) in [6.45, 7) is 2.10.